The first-order chi connectivity index (χ1) is 19.4. The molecule has 6 nitrogen and oxygen atoms in total. The molecule has 41 heavy (non-hydrogen) atoms. The molecule has 5 rings (SSSR count). The minimum absolute atomic E-state index is 0.0698. The van der Waals surface area contributed by atoms with Crippen LogP contribution in [0.2, 0.25) is 0 Å². The van der Waals surface area contributed by atoms with Gasteiger partial charge >= 0.3 is 0 Å². The van der Waals surface area contributed by atoms with Crippen molar-refractivity contribution in [3.8, 4) is 0 Å². The fourth-order valence-corrected chi connectivity index (χ4v) is 10.2. The SMILES string of the molecule is CC[C@H](/C=C\[C@H](C)[C@H]1CC[C@H]2C3=CC[C@@H]4C[C@@H](O[C@@H]5O[C@H](CO)[C@@H](O)[C@H](O)[C@H]5O)CC[C@]4(C)[C@H]3CC[C@]12C)C(C)C. The van der Waals surface area contributed by atoms with Gasteiger partial charge in [0.05, 0.1) is 12.7 Å². The van der Waals surface area contributed by atoms with Gasteiger partial charge in [-0.05, 0) is 110 Å². The molecule has 3 saturated carbocycles. The number of hydrogen-bond acceptors (Lipinski definition) is 6. The first kappa shape index (κ1) is 31.7. The monoisotopic (exact) mass is 574 g/mol. The van der Waals surface area contributed by atoms with Crippen LogP contribution in [0.3, 0.4) is 0 Å². The van der Waals surface area contributed by atoms with Gasteiger partial charge in [-0.2, -0.15) is 0 Å². The molecule has 4 fully saturated rings. The Kier molecular flexibility index (Phi) is 9.51. The first-order valence-electron chi connectivity index (χ1n) is 16.8. The number of aliphatic hydroxyl groups excluding tert-OH is 4. The van der Waals surface area contributed by atoms with E-state index >= 15 is 0 Å². The Morgan fingerprint density at radius 1 is 0.951 bits per heavy atom. The summed E-state index contributed by atoms with van der Waals surface area (Å²) in [4.78, 5) is 0. The van der Waals surface area contributed by atoms with Crippen LogP contribution in [0.1, 0.15) is 99.3 Å². The number of rotatable bonds is 8. The summed E-state index contributed by atoms with van der Waals surface area (Å²) < 4.78 is 11.9. The van der Waals surface area contributed by atoms with Crippen LogP contribution in [0.25, 0.3) is 0 Å². The molecule has 0 spiro atoms. The lowest BCUT2D eigenvalue weighted by Crippen LogP contribution is -2.60. The molecular weight excluding hydrogens is 516 g/mol. The van der Waals surface area contributed by atoms with E-state index in [-0.39, 0.29) is 11.5 Å². The van der Waals surface area contributed by atoms with Gasteiger partial charge in [0.1, 0.15) is 24.4 Å². The number of ether oxygens (including phenoxy) is 2. The Balaban J connectivity index is 1.26. The van der Waals surface area contributed by atoms with Gasteiger partial charge in [-0.15, -0.1) is 0 Å². The lowest BCUT2D eigenvalue weighted by molar-refractivity contribution is -0.315. The van der Waals surface area contributed by atoms with Crippen molar-refractivity contribution in [1.82, 2.24) is 0 Å². The van der Waals surface area contributed by atoms with Crippen LogP contribution >= 0.6 is 0 Å². The molecule has 234 valence electrons. The van der Waals surface area contributed by atoms with Gasteiger partial charge in [0.15, 0.2) is 6.29 Å². The fraction of sp³-hybridized carbons (Fsp3) is 0.886. The molecule has 4 N–H and O–H groups in total. The highest BCUT2D eigenvalue weighted by Gasteiger charge is 2.58. The fourth-order valence-electron chi connectivity index (χ4n) is 10.2. The first-order valence-corrected chi connectivity index (χ1v) is 16.8. The van der Waals surface area contributed by atoms with Crippen LogP contribution in [0.4, 0.5) is 0 Å². The second-order valence-corrected chi connectivity index (χ2v) is 15.3. The van der Waals surface area contributed by atoms with Crippen molar-refractivity contribution in [2.75, 3.05) is 6.61 Å². The van der Waals surface area contributed by atoms with Gasteiger partial charge in [0.2, 0.25) is 0 Å². The van der Waals surface area contributed by atoms with E-state index in [1.54, 1.807) is 5.57 Å². The van der Waals surface area contributed by atoms with Crippen molar-refractivity contribution in [3.05, 3.63) is 23.8 Å². The van der Waals surface area contributed by atoms with E-state index in [9.17, 15) is 20.4 Å². The zero-order valence-electron chi connectivity index (χ0n) is 26.4. The molecule has 1 heterocycles. The molecule has 0 radical (unpaired) electrons. The maximum atomic E-state index is 10.5. The summed E-state index contributed by atoms with van der Waals surface area (Å²) in [5, 5.41) is 40.4. The van der Waals surface area contributed by atoms with Crippen molar-refractivity contribution in [2.24, 2.45) is 52.3 Å². The third kappa shape index (κ3) is 5.64. The Labute approximate surface area is 248 Å². The summed E-state index contributed by atoms with van der Waals surface area (Å²) >= 11 is 0. The molecule has 14 atom stereocenters. The summed E-state index contributed by atoms with van der Waals surface area (Å²) in [6.07, 6.45) is 12.0. The van der Waals surface area contributed by atoms with Crippen LogP contribution in [-0.4, -0.2) is 63.8 Å². The van der Waals surface area contributed by atoms with Crippen LogP contribution in [0.5, 0.6) is 0 Å². The van der Waals surface area contributed by atoms with Gasteiger partial charge in [0, 0.05) is 0 Å². The van der Waals surface area contributed by atoms with E-state index in [4.69, 9.17) is 9.47 Å². The van der Waals surface area contributed by atoms with Crippen molar-refractivity contribution in [1.29, 1.82) is 0 Å². The van der Waals surface area contributed by atoms with Crippen molar-refractivity contribution >= 4 is 0 Å². The molecular formula is C35H58O6. The minimum atomic E-state index is -1.40. The Bertz CT molecular complexity index is 960. The van der Waals surface area contributed by atoms with E-state index < -0.39 is 37.3 Å². The second kappa shape index (κ2) is 12.3. The predicted octanol–water partition coefficient (Wildman–Crippen LogP) is 5.63. The average molecular weight is 575 g/mol. The third-order valence-corrected chi connectivity index (χ3v) is 12.9. The Hall–Kier alpha value is -0.760. The van der Waals surface area contributed by atoms with Crippen molar-refractivity contribution in [2.45, 2.75) is 136 Å². The predicted molar refractivity (Wildman–Crippen MR) is 161 cm³/mol. The van der Waals surface area contributed by atoms with Crippen molar-refractivity contribution < 1.29 is 29.9 Å². The molecule has 6 heteroatoms. The highest BCUT2D eigenvalue weighted by molar-refractivity contribution is 5.28. The van der Waals surface area contributed by atoms with E-state index in [1.165, 1.54) is 32.1 Å². The summed E-state index contributed by atoms with van der Waals surface area (Å²) in [5.74, 6) is 4.61. The standard InChI is InChI=1S/C35H58O6/c1-7-22(20(2)3)9-8-21(4)26-12-13-27-25-11-10-23-18-24(14-16-34(23,5)28(25)15-17-35(26,27)6)40-33-32(39)31(38)30(37)29(19-36)41-33/h8-9,11,20-24,26-33,36-39H,7,10,12-19H2,1-6H3/b9-8-/t21-,22+,23+,24-,26+,27-,28-,29+,30+,31-,32+,33+,34-,35+/m0/s1. The molecule has 0 amide bonds. The zero-order chi connectivity index (χ0) is 29.7. The van der Waals surface area contributed by atoms with Gasteiger partial charge in [-0.1, -0.05) is 65.3 Å². The summed E-state index contributed by atoms with van der Waals surface area (Å²) in [7, 11) is 0. The van der Waals surface area contributed by atoms with Crippen LogP contribution < -0.4 is 0 Å². The van der Waals surface area contributed by atoms with E-state index in [0.29, 0.717) is 40.9 Å². The van der Waals surface area contributed by atoms with Crippen LogP contribution in [-0.2, 0) is 9.47 Å². The van der Waals surface area contributed by atoms with Gasteiger partial charge in [-0.3, -0.25) is 0 Å². The number of fused-ring (bicyclic) bond motifs is 5. The van der Waals surface area contributed by atoms with E-state index in [1.807, 2.05) is 0 Å². The van der Waals surface area contributed by atoms with Crippen LogP contribution in [0, 0.1) is 52.3 Å². The number of aliphatic hydroxyl groups is 4. The maximum absolute atomic E-state index is 10.5. The maximum Gasteiger partial charge on any atom is 0.186 e. The van der Waals surface area contributed by atoms with E-state index in [0.717, 1.165) is 31.6 Å². The largest absolute Gasteiger partial charge is 0.394 e. The highest BCUT2D eigenvalue weighted by atomic mass is 16.7. The highest BCUT2D eigenvalue weighted by Crippen LogP contribution is 2.67. The number of hydrogen-bond donors (Lipinski definition) is 4. The molecule has 0 bridgehead atoms. The zero-order valence-corrected chi connectivity index (χ0v) is 26.4. The van der Waals surface area contributed by atoms with Gasteiger partial charge in [0.25, 0.3) is 0 Å². The Morgan fingerprint density at radius 2 is 1.66 bits per heavy atom. The average Bonchev–Trinajstić information content (AvgIpc) is 3.30. The molecule has 0 aromatic rings. The molecule has 1 aliphatic heterocycles. The van der Waals surface area contributed by atoms with Crippen LogP contribution in [0.15, 0.2) is 23.8 Å². The summed E-state index contributed by atoms with van der Waals surface area (Å²) in [5.41, 5.74) is 2.41. The normalized spacial score (nSPS) is 47.9. The lowest BCUT2D eigenvalue weighted by atomic mass is 9.47. The summed E-state index contributed by atoms with van der Waals surface area (Å²) in [6, 6.07) is 0. The molecule has 4 aliphatic carbocycles. The molecule has 0 aromatic heterocycles. The number of allylic oxidation sites excluding steroid dienone is 4. The van der Waals surface area contributed by atoms with Gasteiger partial charge in [-0.25, -0.2) is 0 Å². The molecule has 0 aromatic carbocycles. The summed E-state index contributed by atoms with van der Waals surface area (Å²) in [6.45, 7) is 14.2. The molecule has 5 aliphatic rings. The quantitative estimate of drug-likeness (QED) is 0.281. The minimum Gasteiger partial charge on any atom is -0.394 e. The lowest BCUT2D eigenvalue weighted by Gasteiger charge is -2.58. The van der Waals surface area contributed by atoms with Crippen molar-refractivity contribution in [3.63, 3.8) is 0 Å². The van der Waals surface area contributed by atoms with Gasteiger partial charge < -0.3 is 29.9 Å². The molecule has 0 unspecified atom stereocenters. The topological polar surface area (TPSA) is 99.4 Å². The second-order valence-electron chi connectivity index (χ2n) is 15.3. The third-order valence-electron chi connectivity index (χ3n) is 12.9. The Morgan fingerprint density at radius 3 is 2.34 bits per heavy atom. The smallest absolute Gasteiger partial charge is 0.186 e. The van der Waals surface area contributed by atoms with E-state index in [2.05, 4.69) is 59.8 Å². The molecule has 1 saturated heterocycles.